The second-order valence-electron chi connectivity index (χ2n) is 10.2. The SMILES string of the molecule is C=CC(=O)NC1CCN(Cc2ccc(-n3ccc4c(-c5cnc(N)nc5)nc(N5CCOCC5)nc43)cc2)CC1. The molecule has 2 aliphatic rings. The molecule has 4 aromatic rings. The average molecular weight is 540 g/mol. The van der Waals surface area contributed by atoms with Crippen molar-refractivity contribution in [1.29, 1.82) is 0 Å². The lowest BCUT2D eigenvalue weighted by atomic mass is 10.0. The van der Waals surface area contributed by atoms with E-state index in [1.165, 1.54) is 11.6 Å². The van der Waals surface area contributed by atoms with Gasteiger partial charge in [0.2, 0.25) is 17.8 Å². The highest BCUT2D eigenvalue weighted by Crippen LogP contribution is 2.30. The number of carbonyl (C=O) groups is 1. The van der Waals surface area contributed by atoms with Crippen LogP contribution in [0.5, 0.6) is 0 Å². The maximum Gasteiger partial charge on any atom is 0.243 e. The minimum Gasteiger partial charge on any atom is -0.378 e. The molecule has 5 heterocycles. The number of nitrogen functional groups attached to an aromatic ring is 1. The molecule has 206 valence electrons. The van der Waals surface area contributed by atoms with Crippen molar-refractivity contribution in [3.05, 3.63) is 67.1 Å². The van der Waals surface area contributed by atoms with Gasteiger partial charge in [-0.15, -0.1) is 0 Å². The summed E-state index contributed by atoms with van der Waals surface area (Å²) in [5, 5.41) is 3.93. The number of hydrogen-bond acceptors (Lipinski definition) is 9. The molecule has 40 heavy (non-hydrogen) atoms. The molecule has 0 radical (unpaired) electrons. The van der Waals surface area contributed by atoms with E-state index in [1.807, 2.05) is 12.3 Å². The Morgan fingerprint density at radius 3 is 2.48 bits per heavy atom. The number of rotatable bonds is 7. The fourth-order valence-electron chi connectivity index (χ4n) is 5.31. The third kappa shape index (κ3) is 5.51. The minimum absolute atomic E-state index is 0.0946. The molecule has 1 amide bonds. The van der Waals surface area contributed by atoms with Crippen LogP contribution in [-0.2, 0) is 16.1 Å². The molecule has 2 aliphatic heterocycles. The van der Waals surface area contributed by atoms with Crippen LogP contribution in [0.1, 0.15) is 18.4 Å². The van der Waals surface area contributed by atoms with Gasteiger partial charge in [0.25, 0.3) is 0 Å². The van der Waals surface area contributed by atoms with Gasteiger partial charge in [-0.25, -0.2) is 15.0 Å². The number of morpholine rings is 1. The van der Waals surface area contributed by atoms with E-state index < -0.39 is 0 Å². The normalized spacial score (nSPS) is 16.8. The zero-order valence-electron chi connectivity index (χ0n) is 22.4. The van der Waals surface area contributed by atoms with E-state index >= 15 is 0 Å². The largest absolute Gasteiger partial charge is 0.378 e. The molecule has 0 spiro atoms. The number of carbonyl (C=O) groups excluding carboxylic acids is 1. The van der Waals surface area contributed by atoms with E-state index in [4.69, 9.17) is 20.4 Å². The molecule has 3 aromatic heterocycles. The molecule has 6 rings (SSSR count). The Morgan fingerprint density at radius 2 is 1.77 bits per heavy atom. The number of nitrogens with one attached hydrogen (secondary N) is 1. The van der Waals surface area contributed by atoms with E-state index in [1.54, 1.807) is 12.4 Å². The van der Waals surface area contributed by atoms with E-state index in [9.17, 15) is 4.79 Å². The van der Waals surface area contributed by atoms with Gasteiger partial charge < -0.3 is 25.3 Å². The van der Waals surface area contributed by atoms with Gasteiger partial charge in [0, 0.05) is 74.0 Å². The van der Waals surface area contributed by atoms with Crippen molar-refractivity contribution in [2.45, 2.75) is 25.4 Å². The fourth-order valence-corrected chi connectivity index (χ4v) is 5.31. The summed E-state index contributed by atoms with van der Waals surface area (Å²) in [6.45, 7) is 9.07. The van der Waals surface area contributed by atoms with Crippen LogP contribution in [-0.4, -0.2) is 80.7 Å². The van der Waals surface area contributed by atoms with Gasteiger partial charge in [-0.3, -0.25) is 9.69 Å². The molecule has 11 heteroatoms. The third-order valence-corrected chi connectivity index (χ3v) is 7.51. The zero-order valence-corrected chi connectivity index (χ0v) is 22.4. The molecule has 0 saturated carbocycles. The maximum atomic E-state index is 11.6. The summed E-state index contributed by atoms with van der Waals surface area (Å²) < 4.78 is 7.64. The lowest BCUT2D eigenvalue weighted by Crippen LogP contribution is -2.43. The molecule has 0 aliphatic carbocycles. The second-order valence-corrected chi connectivity index (χ2v) is 10.2. The van der Waals surface area contributed by atoms with Gasteiger partial charge in [0.15, 0.2) is 5.65 Å². The van der Waals surface area contributed by atoms with Gasteiger partial charge in [0.05, 0.1) is 18.9 Å². The number of nitrogens with two attached hydrogens (primary N) is 1. The first-order valence-corrected chi connectivity index (χ1v) is 13.6. The van der Waals surface area contributed by atoms with Crippen molar-refractivity contribution in [3.8, 4) is 16.9 Å². The van der Waals surface area contributed by atoms with Crippen LogP contribution in [0.25, 0.3) is 28.0 Å². The van der Waals surface area contributed by atoms with Crippen LogP contribution < -0.4 is 16.0 Å². The molecule has 1 aromatic carbocycles. The summed E-state index contributed by atoms with van der Waals surface area (Å²) in [5.74, 6) is 0.790. The Kier molecular flexibility index (Phi) is 7.39. The van der Waals surface area contributed by atoms with Gasteiger partial charge in [-0.05, 0) is 42.7 Å². The predicted octanol–water partition coefficient (Wildman–Crippen LogP) is 2.56. The number of amides is 1. The van der Waals surface area contributed by atoms with E-state index in [0.717, 1.165) is 73.5 Å². The van der Waals surface area contributed by atoms with Gasteiger partial charge >= 0.3 is 0 Å². The minimum atomic E-state index is -0.0946. The van der Waals surface area contributed by atoms with Crippen LogP contribution in [0, 0.1) is 0 Å². The molecule has 0 unspecified atom stereocenters. The topological polar surface area (TPSA) is 127 Å². The quantitative estimate of drug-likeness (QED) is 0.341. The van der Waals surface area contributed by atoms with E-state index in [0.29, 0.717) is 19.2 Å². The number of ether oxygens (including phenoxy) is 1. The summed E-state index contributed by atoms with van der Waals surface area (Å²) in [6, 6.07) is 10.9. The molecule has 0 bridgehead atoms. The summed E-state index contributed by atoms with van der Waals surface area (Å²) in [6.07, 6.45) is 8.66. The summed E-state index contributed by atoms with van der Waals surface area (Å²) in [4.78, 5) is 34.5. The Hall–Kier alpha value is -4.35. The molecule has 0 atom stereocenters. The first-order valence-electron chi connectivity index (χ1n) is 13.6. The summed E-state index contributed by atoms with van der Waals surface area (Å²) in [5.41, 5.74) is 10.4. The number of likely N-dealkylation sites (tertiary alicyclic amines) is 1. The number of anilines is 2. The van der Waals surface area contributed by atoms with Crippen LogP contribution in [0.15, 0.2) is 61.6 Å². The molecule has 2 saturated heterocycles. The standard InChI is InChI=1S/C29H33N9O2/c1-2-25(39)33-22-7-10-36(11-8-22)19-20-3-5-23(6-4-20)38-12-9-24-26(21-17-31-28(30)32-18-21)34-29(35-27(24)38)37-13-15-40-16-14-37/h2-6,9,12,17-18,22H,1,7-8,10-11,13-16,19H2,(H,33,39)(H2,30,31,32). The lowest BCUT2D eigenvalue weighted by molar-refractivity contribution is -0.117. The fraction of sp³-hybridized carbons (Fsp3) is 0.345. The molecule has 11 nitrogen and oxygen atoms in total. The first-order chi connectivity index (χ1) is 19.6. The Balaban J connectivity index is 1.25. The molecular formula is C29H33N9O2. The Labute approximate surface area is 232 Å². The number of nitrogens with zero attached hydrogens (tertiary/aromatic N) is 7. The summed E-state index contributed by atoms with van der Waals surface area (Å²) >= 11 is 0. The third-order valence-electron chi connectivity index (χ3n) is 7.51. The summed E-state index contributed by atoms with van der Waals surface area (Å²) in [7, 11) is 0. The Morgan fingerprint density at radius 1 is 1.05 bits per heavy atom. The average Bonchev–Trinajstić information content (AvgIpc) is 3.43. The van der Waals surface area contributed by atoms with Gasteiger partial charge in [-0.2, -0.15) is 4.98 Å². The van der Waals surface area contributed by atoms with Crippen LogP contribution >= 0.6 is 0 Å². The van der Waals surface area contributed by atoms with Crippen molar-refractivity contribution in [2.24, 2.45) is 0 Å². The lowest BCUT2D eigenvalue weighted by Gasteiger charge is -2.32. The van der Waals surface area contributed by atoms with Crippen molar-refractivity contribution >= 4 is 28.8 Å². The van der Waals surface area contributed by atoms with E-state index in [-0.39, 0.29) is 17.9 Å². The van der Waals surface area contributed by atoms with Crippen LogP contribution in [0.3, 0.4) is 0 Å². The van der Waals surface area contributed by atoms with Gasteiger partial charge in [-0.1, -0.05) is 18.7 Å². The maximum absolute atomic E-state index is 11.6. The molecule has 2 fully saturated rings. The first kappa shape index (κ1) is 25.9. The van der Waals surface area contributed by atoms with Crippen LogP contribution in [0.2, 0.25) is 0 Å². The number of fused-ring (bicyclic) bond motifs is 1. The van der Waals surface area contributed by atoms with Crippen molar-refractivity contribution in [2.75, 3.05) is 50.0 Å². The number of benzene rings is 1. The second kappa shape index (κ2) is 11.4. The van der Waals surface area contributed by atoms with Crippen molar-refractivity contribution in [1.82, 2.24) is 34.7 Å². The number of piperidine rings is 1. The number of hydrogen-bond donors (Lipinski definition) is 2. The molecular weight excluding hydrogens is 506 g/mol. The Bertz CT molecular complexity index is 1490. The zero-order chi connectivity index (χ0) is 27.5. The van der Waals surface area contributed by atoms with Crippen molar-refractivity contribution < 1.29 is 9.53 Å². The monoisotopic (exact) mass is 539 g/mol. The highest BCUT2D eigenvalue weighted by Gasteiger charge is 2.21. The number of aromatic nitrogens is 5. The highest BCUT2D eigenvalue weighted by atomic mass is 16.5. The van der Waals surface area contributed by atoms with E-state index in [2.05, 4.69) is 60.5 Å². The van der Waals surface area contributed by atoms with Gasteiger partial charge in [0.1, 0.15) is 0 Å². The highest BCUT2D eigenvalue weighted by molar-refractivity contribution is 5.92. The predicted molar refractivity (Wildman–Crippen MR) is 154 cm³/mol. The van der Waals surface area contributed by atoms with Crippen LogP contribution in [0.4, 0.5) is 11.9 Å². The van der Waals surface area contributed by atoms with Crippen molar-refractivity contribution in [3.63, 3.8) is 0 Å². The molecule has 3 N–H and O–H groups in total. The smallest absolute Gasteiger partial charge is 0.243 e.